The van der Waals surface area contributed by atoms with Crippen LogP contribution in [0.3, 0.4) is 0 Å². The molecule has 2 N–H and O–H groups in total. The Morgan fingerprint density at radius 2 is 1.52 bits per heavy atom. The Labute approximate surface area is 192 Å². The van der Waals surface area contributed by atoms with Gasteiger partial charge in [-0.25, -0.2) is 9.78 Å². The third kappa shape index (κ3) is 5.20. The van der Waals surface area contributed by atoms with E-state index in [0.717, 1.165) is 27.9 Å². The van der Waals surface area contributed by atoms with E-state index >= 15 is 0 Å². The van der Waals surface area contributed by atoms with Gasteiger partial charge in [-0.2, -0.15) is 4.98 Å². The van der Waals surface area contributed by atoms with Crippen LogP contribution < -0.4 is 15.4 Å². The summed E-state index contributed by atoms with van der Waals surface area (Å²) in [5.74, 6) is 1.09. The van der Waals surface area contributed by atoms with E-state index in [-0.39, 0.29) is 6.61 Å². The number of para-hydroxylation sites is 3. The van der Waals surface area contributed by atoms with Crippen LogP contribution in [-0.2, 0) is 9.53 Å². The number of carbonyl (C=O) groups is 1. The van der Waals surface area contributed by atoms with Gasteiger partial charge in [-0.15, -0.1) is 0 Å². The Kier molecular flexibility index (Phi) is 6.69. The van der Waals surface area contributed by atoms with Crippen molar-refractivity contribution in [2.45, 2.75) is 20.8 Å². The number of nitrogens with one attached hydrogen (secondary N) is 2. The van der Waals surface area contributed by atoms with Crippen LogP contribution in [0, 0.1) is 13.8 Å². The van der Waals surface area contributed by atoms with E-state index in [1.165, 1.54) is 0 Å². The van der Waals surface area contributed by atoms with Gasteiger partial charge in [0.2, 0.25) is 5.95 Å². The van der Waals surface area contributed by atoms with E-state index in [1.54, 1.807) is 13.0 Å². The number of hydrogen-bond donors (Lipinski definition) is 2. The van der Waals surface area contributed by atoms with Gasteiger partial charge in [0, 0.05) is 16.8 Å². The molecule has 0 saturated carbocycles. The quantitative estimate of drug-likeness (QED) is 0.340. The first-order chi connectivity index (χ1) is 16.0. The molecule has 1 heterocycles. The fourth-order valence-electron chi connectivity index (χ4n) is 3.41. The number of benzene rings is 3. The maximum atomic E-state index is 11.8. The lowest BCUT2D eigenvalue weighted by atomic mass is 10.1. The van der Waals surface area contributed by atoms with Crippen LogP contribution in [0.4, 0.5) is 23.1 Å². The van der Waals surface area contributed by atoms with Gasteiger partial charge in [0.25, 0.3) is 0 Å². The molecule has 0 aliphatic heterocycles. The summed E-state index contributed by atoms with van der Waals surface area (Å²) in [5.41, 5.74) is 4.60. The molecule has 0 amide bonds. The minimum atomic E-state index is -0.430. The summed E-state index contributed by atoms with van der Waals surface area (Å²) in [7, 11) is 0. The molecule has 0 fully saturated rings. The summed E-state index contributed by atoms with van der Waals surface area (Å²) in [5, 5.41) is 7.51. The van der Waals surface area contributed by atoms with Gasteiger partial charge in [0.15, 0.2) is 6.61 Å². The van der Waals surface area contributed by atoms with Gasteiger partial charge in [-0.1, -0.05) is 42.5 Å². The second-order valence-corrected chi connectivity index (χ2v) is 7.52. The number of esters is 1. The van der Waals surface area contributed by atoms with Crippen LogP contribution in [0.2, 0.25) is 0 Å². The Morgan fingerprint density at radius 3 is 2.18 bits per heavy atom. The van der Waals surface area contributed by atoms with Crippen molar-refractivity contribution in [3.05, 3.63) is 77.9 Å². The van der Waals surface area contributed by atoms with E-state index in [1.807, 2.05) is 74.5 Å². The smallest absolute Gasteiger partial charge is 0.344 e. The van der Waals surface area contributed by atoms with Gasteiger partial charge < -0.3 is 20.1 Å². The molecular weight excluding hydrogens is 416 g/mol. The molecule has 7 heteroatoms. The molecule has 0 aliphatic carbocycles. The molecular formula is C26H26N4O3. The summed E-state index contributed by atoms with van der Waals surface area (Å²) in [4.78, 5) is 21.3. The van der Waals surface area contributed by atoms with Gasteiger partial charge >= 0.3 is 5.97 Å². The molecule has 0 radical (unpaired) electrons. The lowest BCUT2D eigenvalue weighted by molar-refractivity contribution is -0.145. The third-order valence-corrected chi connectivity index (χ3v) is 5.13. The number of nitrogens with zero attached hydrogens (tertiary/aromatic N) is 2. The second kappa shape index (κ2) is 9.99. The van der Waals surface area contributed by atoms with Crippen LogP contribution >= 0.6 is 0 Å². The largest absolute Gasteiger partial charge is 0.480 e. The molecule has 33 heavy (non-hydrogen) atoms. The van der Waals surface area contributed by atoms with E-state index in [2.05, 4.69) is 10.6 Å². The number of carbonyl (C=O) groups excluding carboxylic acids is 1. The highest BCUT2D eigenvalue weighted by atomic mass is 16.6. The minimum Gasteiger partial charge on any atom is -0.480 e. The van der Waals surface area contributed by atoms with Crippen LogP contribution in [0.25, 0.3) is 10.9 Å². The van der Waals surface area contributed by atoms with Crippen LogP contribution in [0.1, 0.15) is 18.1 Å². The Bertz CT molecular complexity index is 1290. The maximum Gasteiger partial charge on any atom is 0.344 e. The van der Waals surface area contributed by atoms with Crippen molar-refractivity contribution in [2.24, 2.45) is 0 Å². The summed E-state index contributed by atoms with van der Waals surface area (Å²) in [6.07, 6.45) is 0. The van der Waals surface area contributed by atoms with E-state index in [0.29, 0.717) is 29.6 Å². The normalized spacial score (nSPS) is 10.6. The first-order valence-electron chi connectivity index (χ1n) is 10.8. The lowest BCUT2D eigenvalue weighted by Gasteiger charge is -2.16. The van der Waals surface area contributed by atoms with Gasteiger partial charge in [-0.05, 0) is 56.2 Å². The average molecular weight is 443 g/mol. The number of ether oxygens (including phenoxy) is 2. The third-order valence-electron chi connectivity index (χ3n) is 5.13. The highest BCUT2D eigenvalue weighted by molar-refractivity contribution is 5.96. The number of hydrogen-bond acceptors (Lipinski definition) is 7. The minimum absolute atomic E-state index is 0.196. The average Bonchev–Trinajstić information content (AvgIpc) is 2.81. The van der Waals surface area contributed by atoms with E-state index < -0.39 is 5.97 Å². The highest BCUT2D eigenvalue weighted by Gasteiger charge is 2.15. The van der Waals surface area contributed by atoms with Gasteiger partial charge in [-0.3, -0.25) is 0 Å². The molecule has 4 rings (SSSR count). The van der Waals surface area contributed by atoms with Crippen molar-refractivity contribution in [2.75, 3.05) is 23.8 Å². The van der Waals surface area contributed by atoms with Crippen molar-refractivity contribution < 1.29 is 14.3 Å². The molecule has 168 valence electrons. The number of rotatable bonds is 8. The molecule has 0 atom stereocenters. The predicted molar refractivity (Wildman–Crippen MR) is 131 cm³/mol. The lowest BCUT2D eigenvalue weighted by Crippen LogP contribution is -2.15. The maximum absolute atomic E-state index is 11.8. The fourth-order valence-corrected chi connectivity index (χ4v) is 3.41. The molecule has 7 nitrogen and oxygen atoms in total. The molecule has 0 saturated heterocycles. The first kappa shape index (κ1) is 22.1. The molecule has 0 unspecified atom stereocenters. The molecule has 0 aliphatic rings. The summed E-state index contributed by atoms with van der Waals surface area (Å²) >= 11 is 0. The standard InChI is InChI=1S/C26H26N4O3/c1-4-32-23(31)16-33-22-15-9-12-19-24(22)29-26(28-21-14-8-6-11-18(21)3)30-25(19)27-20-13-7-5-10-17(20)2/h5-15H,4,16H2,1-3H3,(H2,27,28,29,30). The van der Waals surface area contributed by atoms with Gasteiger partial charge in [0.1, 0.15) is 17.1 Å². The predicted octanol–water partition coefficient (Wildman–Crippen LogP) is 5.68. The van der Waals surface area contributed by atoms with E-state index in [4.69, 9.17) is 19.4 Å². The zero-order valence-corrected chi connectivity index (χ0v) is 18.9. The van der Waals surface area contributed by atoms with Crippen LogP contribution in [0.5, 0.6) is 5.75 Å². The molecule has 3 aromatic carbocycles. The monoisotopic (exact) mass is 442 g/mol. The zero-order chi connectivity index (χ0) is 23.2. The Balaban J connectivity index is 1.78. The molecule has 1 aromatic heterocycles. The van der Waals surface area contributed by atoms with Crippen molar-refractivity contribution >= 4 is 40.0 Å². The topological polar surface area (TPSA) is 85.4 Å². The number of fused-ring (bicyclic) bond motifs is 1. The fraction of sp³-hybridized carbons (Fsp3) is 0.192. The number of aryl methyl sites for hydroxylation is 2. The molecule has 0 bridgehead atoms. The Morgan fingerprint density at radius 1 is 0.848 bits per heavy atom. The second-order valence-electron chi connectivity index (χ2n) is 7.52. The summed E-state index contributed by atoms with van der Waals surface area (Å²) in [6.45, 7) is 5.92. The number of anilines is 4. The van der Waals surface area contributed by atoms with Gasteiger partial charge in [0.05, 0.1) is 6.61 Å². The zero-order valence-electron chi connectivity index (χ0n) is 18.9. The van der Waals surface area contributed by atoms with Crippen molar-refractivity contribution in [1.82, 2.24) is 9.97 Å². The van der Waals surface area contributed by atoms with Crippen molar-refractivity contribution in [3.63, 3.8) is 0 Å². The molecule has 4 aromatic rings. The van der Waals surface area contributed by atoms with Crippen molar-refractivity contribution in [1.29, 1.82) is 0 Å². The molecule has 0 spiro atoms. The Hall–Kier alpha value is -4.13. The van der Waals surface area contributed by atoms with Crippen molar-refractivity contribution in [3.8, 4) is 5.75 Å². The van der Waals surface area contributed by atoms with Crippen LogP contribution in [0.15, 0.2) is 66.7 Å². The SMILES string of the molecule is CCOC(=O)COc1cccc2c(Nc3ccccc3C)nc(Nc3ccccc3C)nc12. The summed E-state index contributed by atoms with van der Waals surface area (Å²) in [6, 6.07) is 21.5. The van der Waals surface area contributed by atoms with Crippen LogP contribution in [-0.4, -0.2) is 29.2 Å². The summed E-state index contributed by atoms with van der Waals surface area (Å²) < 4.78 is 10.8. The van der Waals surface area contributed by atoms with E-state index in [9.17, 15) is 4.79 Å². The number of aromatic nitrogens is 2. The first-order valence-corrected chi connectivity index (χ1v) is 10.8. The highest BCUT2D eigenvalue weighted by Crippen LogP contribution is 2.32.